The summed E-state index contributed by atoms with van der Waals surface area (Å²) in [6.07, 6.45) is -1.53. The highest BCUT2D eigenvalue weighted by Crippen LogP contribution is 2.42. The van der Waals surface area contributed by atoms with Gasteiger partial charge in [-0.05, 0) is 45.6 Å². The molecule has 0 spiro atoms. The summed E-state index contributed by atoms with van der Waals surface area (Å²) >= 11 is 3.22. The smallest absolute Gasteiger partial charge is 0.321 e. The molecule has 1 aliphatic heterocycles. The lowest BCUT2D eigenvalue weighted by atomic mass is 9.91. The topological polar surface area (TPSA) is 50.5 Å². The first-order chi connectivity index (χ1) is 12.7. The fraction of sp³-hybridized carbons (Fsp3) is 0.235. The molecule has 1 amide bonds. The van der Waals surface area contributed by atoms with Crippen molar-refractivity contribution in [3.63, 3.8) is 0 Å². The molecule has 0 bridgehead atoms. The molecule has 1 aromatic carbocycles. The van der Waals surface area contributed by atoms with E-state index in [0.717, 1.165) is 23.1 Å². The molecule has 5 nitrogen and oxygen atoms in total. The standard InChI is InChI=1S/C17H11BrF4N4O/c18-10-7-23-14-6-13(24-26(14)8-10)16(27)25-4-3-9-5-11(19)1-2-12(9)15(25)17(20,21)22/h1-2,5-8,15H,3-4H2. The van der Waals surface area contributed by atoms with Crippen LogP contribution in [0.2, 0.25) is 0 Å². The van der Waals surface area contributed by atoms with Crippen LogP contribution in [0.1, 0.15) is 27.7 Å². The minimum absolute atomic E-state index is 0.117. The molecule has 0 saturated heterocycles. The van der Waals surface area contributed by atoms with Gasteiger partial charge in [0.1, 0.15) is 5.82 Å². The van der Waals surface area contributed by atoms with Crippen molar-refractivity contribution in [3.05, 3.63) is 63.8 Å². The van der Waals surface area contributed by atoms with Gasteiger partial charge < -0.3 is 4.90 Å². The summed E-state index contributed by atoms with van der Waals surface area (Å²) in [6, 6.07) is 2.33. The molecule has 1 aliphatic rings. The Morgan fingerprint density at radius 1 is 1.26 bits per heavy atom. The quantitative estimate of drug-likeness (QED) is 0.536. The number of benzene rings is 1. The molecular formula is C17H11BrF4N4O. The Kier molecular flexibility index (Phi) is 4.17. The lowest BCUT2D eigenvalue weighted by Gasteiger charge is -2.37. The summed E-state index contributed by atoms with van der Waals surface area (Å²) in [6.45, 7) is -0.190. The predicted octanol–water partition coefficient (Wildman–Crippen LogP) is 3.93. The van der Waals surface area contributed by atoms with Crippen LogP contribution in [0.15, 0.2) is 41.1 Å². The fourth-order valence-electron chi connectivity index (χ4n) is 3.27. The van der Waals surface area contributed by atoms with E-state index in [0.29, 0.717) is 10.1 Å². The second-order valence-electron chi connectivity index (χ2n) is 6.14. The van der Waals surface area contributed by atoms with Gasteiger partial charge in [0.15, 0.2) is 17.4 Å². The van der Waals surface area contributed by atoms with Crippen LogP contribution >= 0.6 is 15.9 Å². The Hall–Kier alpha value is -2.49. The minimum Gasteiger partial charge on any atom is -0.321 e. The van der Waals surface area contributed by atoms with Gasteiger partial charge in [-0.1, -0.05) is 6.07 Å². The van der Waals surface area contributed by atoms with E-state index >= 15 is 0 Å². The van der Waals surface area contributed by atoms with Gasteiger partial charge in [-0.2, -0.15) is 18.3 Å². The number of hydrogen-bond acceptors (Lipinski definition) is 3. The van der Waals surface area contributed by atoms with Crippen LogP contribution in [-0.2, 0) is 6.42 Å². The monoisotopic (exact) mass is 442 g/mol. The molecule has 3 aromatic rings. The number of rotatable bonds is 1. The van der Waals surface area contributed by atoms with E-state index in [1.54, 1.807) is 6.20 Å². The van der Waals surface area contributed by atoms with E-state index in [1.807, 2.05) is 0 Å². The summed E-state index contributed by atoms with van der Waals surface area (Å²) < 4.78 is 56.6. The van der Waals surface area contributed by atoms with E-state index in [4.69, 9.17) is 0 Å². The molecule has 3 heterocycles. The van der Waals surface area contributed by atoms with E-state index in [-0.39, 0.29) is 29.8 Å². The highest BCUT2D eigenvalue weighted by molar-refractivity contribution is 9.10. The Labute approximate surface area is 158 Å². The molecule has 140 valence electrons. The van der Waals surface area contributed by atoms with Crippen molar-refractivity contribution >= 4 is 27.5 Å². The molecule has 0 fully saturated rings. The Bertz CT molecular complexity index is 1050. The molecule has 1 unspecified atom stereocenters. The van der Waals surface area contributed by atoms with Crippen LogP contribution < -0.4 is 0 Å². The molecule has 10 heteroatoms. The number of amides is 1. The minimum atomic E-state index is -4.71. The second-order valence-corrected chi connectivity index (χ2v) is 7.06. The maximum atomic E-state index is 13.8. The van der Waals surface area contributed by atoms with Gasteiger partial charge in [0.05, 0.1) is 4.47 Å². The van der Waals surface area contributed by atoms with Crippen molar-refractivity contribution in [1.82, 2.24) is 19.5 Å². The second kappa shape index (κ2) is 6.29. The van der Waals surface area contributed by atoms with E-state index < -0.39 is 23.9 Å². The van der Waals surface area contributed by atoms with Crippen LogP contribution in [0.5, 0.6) is 0 Å². The number of hydrogen-bond donors (Lipinski definition) is 0. The summed E-state index contributed by atoms with van der Waals surface area (Å²) in [4.78, 5) is 17.6. The number of alkyl halides is 3. The Morgan fingerprint density at radius 2 is 2.04 bits per heavy atom. The molecule has 0 radical (unpaired) electrons. The van der Waals surface area contributed by atoms with Crippen molar-refractivity contribution in [2.45, 2.75) is 18.6 Å². The number of aromatic nitrogens is 3. The van der Waals surface area contributed by atoms with E-state index in [1.165, 1.54) is 16.8 Å². The molecule has 2 aromatic heterocycles. The Morgan fingerprint density at radius 3 is 2.78 bits per heavy atom. The van der Waals surface area contributed by atoms with Gasteiger partial charge in [-0.3, -0.25) is 4.79 Å². The molecule has 1 atom stereocenters. The van der Waals surface area contributed by atoms with Crippen molar-refractivity contribution in [2.75, 3.05) is 6.54 Å². The average molecular weight is 443 g/mol. The first kappa shape index (κ1) is 17.9. The average Bonchev–Trinajstić information content (AvgIpc) is 3.02. The third-order valence-electron chi connectivity index (χ3n) is 4.41. The number of carbonyl (C=O) groups excluding carboxylic acids is 1. The number of nitrogens with zero attached hydrogens (tertiary/aromatic N) is 4. The zero-order chi connectivity index (χ0) is 19.3. The SMILES string of the molecule is O=C(c1cc2ncc(Br)cn2n1)N1CCc2cc(F)ccc2C1C(F)(F)F. The van der Waals surface area contributed by atoms with Gasteiger partial charge in [-0.15, -0.1) is 0 Å². The normalized spacial score (nSPS) is 17.2. The lowest BCUT2D eigenvalue weighted by Crippen LogP contribution is -2.46. The van der Waals surface area contributed by atoms with Gasteiger partial charge in [-0.25, -0.2) is 13.9 Å². The molecule has 0 saturated carbocycles. The highest BCUT2D eigenvalue weighted by atomic mass is 79.9. The van der Waals surface area contributed by atoms with Gasteiger partial charge in [0, 0.05) is 25.0 Å². The molecular weight excluding hydrogens is 432 g/mol. The first-order valence-corrected chi connectivity index (χ1v) is 8.70. The molecule has 0 N–H and O–H groups in total. The third kappa shape index (κ3) is 3.18. The maximum absolute atomic E-state index is 13.8. The van der Waals surface area contributed by atoms with Crippen LogP contribution in [0.3, 0.4) is 0 Å². The van der Waals surface area contributed by atoms with Gasteiger partial charge in [0.2, 0.25) is 0 Å². The van der Waals surface area contributed by atoms with Gasteiger partial charge in [0.25, 0.3) is 5.91 Å². The number of fused-ring (bicyclic) bond motifs is 2. The third-order valence-corrected chi connectivity index (χ3v) is 4.81. The van der Waals surface area contributed by atoms with E-state index in [9.17, 15) is 22.4 Å². The van der Waals surface area contributed by atoms with Crippen LogP contribution in [0, 0.1) is 5.82 Å². The van der Waals surface area contributed by atoms with Crippen LogP contribution in [0.4, 0.5) is 17.6 Å². The zero-order valence-electron chi connectivity index (χ0n) is 13.5. The summed E-state index contributed by atoms with van der Waals surface area (Å²) in [5.41, 5.74) is 0.333. The molecule has 4 rings (SSSR count). The Balaban J connectivity index is 1.76. The number of carbonyl (C=O) groups is 1. The summed E-state index contributed by atoms with van der Waals surface area (Å²) in [5.74, 6) is -1.46. The fourth-order valence-corrected chi connectivity index (χ4v) is 3.57. The largest absolute Gasteiger partial charge is 0.413 e. The molecule has 27 heavy (non-hydrogen) atoms. The summed E-state index contributed by atoms with van der Waals surface area (Å²) in [7, 11) is 0. The lowest BCUT2D eigenvalue weighted by molar-refractivity contribution is -0.181. The maximum Gasteiger partial charge on any atom is 0.413 e. The summed E-state index contributed by atoms with van der Waals surface area (Å²) in [5, 5.41) is 4.04. The van der Waals surface area contributed by atoms with Crippen molar-refractivity contribution in [3.8, 4) is 0 Å². The zero-order valence-corrected chi connectivity index (χ0v) is 15.1. The van der Waals surface area contributed by atoms with Crippen LogP contribution in [0.25, 0.3) is 5.65 Å². The predicted molar refractivity (Wildman–Crippen MR) is 90.6 cm³/mol. The van der Waals surface area contributed by atoms with Crippen LogP contribution in [-0.4, -0.2) is 38.1 Å². The van der Waals surface area contributed by atoms with Gasteiger partial charge >= 0.3 is 6.18 Å². The van der Waals surface area contributed by atoms with Crippen molar-refractivity contribution in [2.24, 2.45) is 0 Å². The van der Waals surface area contributed by atoms with Crippen molar-refractivity contribution < 1.29 is 22.4 Å². The van der Waals surface area contributed by atoms with Crippen molar-refractivity contribution in [1.29, 1.82) is 0 Å². The number of halogens is 5. The first-order valence-electron chi connectivity index (χ1n) is 7.91. The van der Waals surface area contributed by atoms with E-state index in [2.05, 4.69) is 26.0 Å². The molecule has 0 aliphatic carbocycles. The highest BCUT2D eigenvalue weighted by Gasteiger charge is 2.49.